The fourth-order valence-corrected chi connectivity index (χ4v) is 2.09. The van der Waals surface area contributed by atoms with Crippen LogP contribution in [0.15, 0.2) is 24.3 Å². The van der Waals surface area contributed by atoms with Gasteiger partial charge in [-0.25, -0.2) is 4.79 Å². The number of nitrogens with one attached hydrogen (secondary N) is 1. The quantitative estimate of drug-likeness (QED) is 0.706. The zero-order chi connectivity index (χ0) is 18.5. The van der Waals surface area contributed by atoms with Gasteiger partial charge in [0.1, 0.15) is 12.1 Å². The number of halogens is 3. The summed E-state index contributed by atoms with van der Waals surface area (Å²) in [5.41, 5.74) is -0.511. The zero-order valence-electron chi connectivity index (χ0n) is 13.3. The summed E-state index contributed by atoms with van der Waals surface area (Å²) in [4.78, 5) is 23.0. The molecule has 1 amide bonds. The van der Waals surface area contributed by atoms with Gasteiger partial charge in [0.25, 0.3) is 0 Å². The van der Waals surface area contributed by atoms with E-state index in [2.05, 4.69) is 5.32 Å². The standard InChI is InChI=1S/C16H20F3NO4/c1-9(2)7-13(21)14(22)20-12(15(23)24)8-10-3-5-11(6-4-10)16(17,18)19/h3-6,9,12-13,21H,7-8H2,1-2H3,(H,20,22)(H,23,24)/t12-,13-/m0/s1. The van der Waals surface area contributed by atoms with E-state index in [9.17, 15) is 27.9 Å². The molecule has 1 rings (SSSR count). The highest BCUT2D eigenvalue weighted by Crippen LogP contribution is 2.29. The third kappa shape index (κ3) is 6.19. The van der Waals surface area contributed by atoms with E-state index in [1.165, 1.54) is 0 Å². The van der Waals surface area contributed by atoms with Crippen molar-refractivity contribution < 1.29 is 33.0 Å². The molecule has 0 heterocycles. The Bertz CT molecular complexity index is 570. The van der Waals surface area contributed by atoms with Gasteiger partial charge in [0.05, 0.1) is 5.56 Å². The average Bonchev–Trinajstić information content (AvgIpc) is 2.45. The monoisotopic (exact) mass is 347 g/mol. The van der Waals surface area contributed by atoms with Gasteiger partial charge in [-0.05, 0) is 30.0 Å². The molecule has 0 aliphatic heterocycles. The summed E-state index contributed by atoms with van der Waals surface area (Å²) in [6.07, 6.45) is -5.81. The van der Waals surface area contributed by atoms with Crippen LogP contribution in [0.5, 0.6) is 0 Å². The van der Waals surface area contributed by atoms with Crippen LogP contribution in [0.2, 0.25) is 0 Å². The summed E-state index contributed by atoms with van der Waals surface area (Å²) in [6.45, 7) is 3.60. The molecule has 1 aromatic rings. The van der Waals surface area contributed by atoms with Crippen LogP contribution < -0.4 is 5.32 Å². The van der Waals surface area contributed by atoms with Crippen molar-refractivity contribution in [2.75, 3.05) is 0 Å². The minimum atomic E-state index is -4.47. The molecule has 0 saturated carbocycles. The lowest BCUT2D eigenvalue weighted by Crippen LogP contribution is -2.46. The highest BCUT2D eigenvalue weighted by Gasteiger charge is 2.30. The largest absolute Gasteiger partial charge is 0.480 e. The van der Waals surface area contributed by atoms with Crippen molar-refractivity contribution in [3.8, 4) is 0 Å². The van der Waals surface area contributed by atoms with E-state index >= 15 is 0 Å². The molecule has 0 unspecified atom stereocenters. The molecule has 3 N–H and O–H groups in total. The summed E-state index contributed by atoms with van der Waals surface area (Å²) in [6, 6.07) is 2.69. The first-order chi connectivity index (χ1) is 11.0. The smallest absolute Gasteiger partial charge is 0.416 e. The molecule has 0 saturated heterocycles. The number of carboxylic acids is 1. The average molecular weight is 347 g/mol. The molecule has 2 atom stereocenters. The number of hydrogen-bond acceptors (Lipinski definition) is 3. The van der Waals surface area contributed by atoms with Crippen LogP contribution in [0.25, 0.3) is 0 Å². The second-order valence-electron chi connectivity index (χ2n) is 5.94. The first kappa shape index (κ1) is 20.0. The molecule has 1 aromatic carbocycles. The number of carboxylic acid groups (broad SMARTS) is 1. The third-order valence-corrected chi connectivity index (χ3v) is 3.33. The van der Waals surface area contributed by atoms with Gasteiger partial charge >= 0.3 is 12.1 Å². The van der Waals surface area contributed by atoms with Gasteiger partial charge in [-0.15, -0.1) is 0 Å². The molecule has 0 aliphatic rings. The van der Waals surface area contributed by atoms with E-state index in [1.807, 2.05) is 0 Å². The minimum absolute atomic E-state index is 0.0453. The van der Waals surface area contributed by atoms with Crippen molar-refractivity contribution in [3.63, 3.8) is 0 Å². The Hall–Kier alpha value is -2.09. The molecule has 0 aliphatic carbocycles. The van der Waals surface area contributed by atoms with Gasteiger partial charge in [0.2, 0.25) is 5.91 Å². The third-order valence-electron chi connectivity index (χ3n) is 3.33. The molecule has 0 aromatic heterocycles. The van der Waals surface area contributed by atoms with Gasteiger partial charge in [0, 0.05) is 6.42 Å². The number of alkyl halides is 3. The van der Waals surface area contributed by atoms with Gasteiger partial charge in [0.15, 0.2) is 0 Å². The van der Waals surface area contributed by atoms with Gasteiger partial charge in [-0.3, -0.25) is 4.79 Å². The van der Waals surface area contributed by atoms with Crippen LogP contribution in [-0.2, 0) is 22.2 Å². The van der Waals surface area contributed by atoms with E-state index < -0.39 is 35.8 Å². The lowest BCUT2D eigenvalue weighted by atomic mass is 10.0. The Balaban J connectivity index is 2.76. The van der Waals surface area contributed by atoms with Crippen molar-refractivity contribution >= 4 is 11.9 Å². The molecule has 134 valence electrons. The second-order valence-corrected chi connectivity index (χ2v) is 5.94. The van der Waals surface area contributed by atoms with Gasteiger partial charge in [-0.1, -0.05) is 26.0 Å². The number of hydrogen-bond donors (Lipinski definition) is 3. The summed E-state index contributed by atoms with van der Waals surface area (Å²) in [5.74, 6) is -2.10. The maximum atomic E-state index is 12.5. The predicted molar refractivity (Wildman–Crippen MR) is 80.2 cm³/mol. The Morgan fingerprint density at radius 3 is 2.12 bits per heavy atom. The van der Waals surface area contributed by atoms with Gasteiger partial charge < -0.3 is 15.5 Å². The highest BCUT2D eigenvalue weighted by molar-refractivity contribution is 5.86. The van der Waals surface area contributed by atoms with Crippen molar-refractivity contribution in [1.82, 2.24) is 5.32 Å². The van der Waals surface area contributed by atoms with E-state index in [-0.39, 0.29) is 18.8 Å². The number of aliphatic carboxylic acids is 1. The van der Waals surface area contributed by atoms with Crippen molar-refractivity contribution in [2.45, 2.75) is 45.0 Å². The van der Waals surface area contributed by atoms with Crippen LogP contribution in [0.1, 0.15) is 31.4 Å². The number of benzene rings is 1. The molecule has 0 spiro atoms. The minimum Gasteiger partial charge on any atom is -0.480 e. The SMILES string of the molecule is CC(C)C[C@H](O)C(=O)N[C@@H](Cc1ccc(C(F)(F)F)cc1)C(=O)O. The first-order valence-corrected chi connectivity index (χ1v) is 7.38. The van der Waals surface area contributed by atoms with Crippen molar-refractivity contribution in [3.05, 3.63) is 35.4 Å². The molecular weight excluding hydrogens is 327 g/mol. The fourth-order valence-electron chi connectivity index (χ4n) is 2.09. The Morgan fingerprint density at radius 2 is 1.71 bits per heavy atom. The van der Waals surface area contributed by atoms with Crippen molar-refractivity contribution in [2.24, 2.45) is 5.92 Å². The predicted octanol–water partition coefficient (Wildman–Crippen LogP) is 2.22. The fraction of sp³-hybridized carbons (Fsp3) is 0.500. The van der Waals surface area contributed by atoms with Crippen LogP contribution in [0.3, 0.4) is 0 Å². The Labute approximate surface area is 137 Å². The molecule has 0 fully saturated rings. The van der Waals surface area contributed by atoms with E-state index in [0.29, 0.717) is 5.56 Å². The number of carbonyl (C=O) groups excluding carboxylic acids is 1. The van der Waals surface area contributed by atoms with Crippen molar-refractivity contribution in [1.29, 1.82) is 0 Å². The number of aliphatic hydroxyl groups is 1. The molecule has 0 bridgehead atoms. The molecule has 24 heavy (non-hydrogen) atoms. The van der Waals surface area contributed by atoms with Crippen LogP contribution in [0.4, 0.5) is 13.2 Å². The molecule has 8 heteroatoms. The Kier molecular flexibility index (Phi) is 6.77. The number of aliphatic hydroxyl groups excluding tert-OH is 1. The molecule has 0 radical (unpaired) electrons. The second kappa shape index (κ2) is 8.14. The van der Waals surface area contributed by atoms with Crippen LogP contribution >= 0.6 is 0 Å². The van der Waals surface area contributed by atoms with E-state index in [1.54, 1.807) is 13.8 Å². The molecule has 5 nitrogen and oxygen atoms in total. The summed E-state index contributed by atoms with van der Waals surface area (Å²) < 4.78 is 37.5. The maximum Gasteiger partial charge on any atom is 0.416 e. The summed E-state index contributed by atoms with van der Waals surface area (Å²) in [5, 5.41) is 21.0. The van der Waals surface area contributed by atoms with Crippen LogP contribution in [0, 0.1) is 5.92 Å². The van der Waals surface area contributed by atoms with Crippen LogP contribution in [-0.4, -0.2) is 34.2 Å². The topological polar surface area (TPSA) is 86.6 Å². The number of rotatable bonds is 7. The Morgan fingerprint density at radius 1 is 1.17 bits per heavy atom. The first-order valence-electron chi connectivity index (χ1n) is 7.38. The number of amides is 1. The zero-order valence-corrected chi connectivity index (χ0v) is 13.3. The lowest BCUT2D eigenvalue weighted by molar-refractivity contribution is -0.143. The summed E-state index contributed by atoms with van der Waals surface area (Å²) in [7, 11) is 0. The maximum absolute atomic E-state index is 12.5. The highest BCUT2D eigenvalue weighted by atomic mass is 19.4. The summed E-state index contributed by atoms with van der Waals surface area (Å²) >= 11 is 0. The lowest BCUT2D eigenvalue weighted by Gasteiger charge is -2.18. The van der Waals surface area contributed by atoms with E-state index in [0.717, 1.165) is 24.3 Å². The van der Waals surface area contributed by atoms with Gasteiger partial charge in [-0.2, -0.15) is 13.2 Å². The normalized spacial score (nSPS) is 14.3. The molecular formula is C16H20F3NO4. The number of carbonyl (C=O) groups is 2. The van der Waals surface area contributed by atoms with E-state index in [4.69, 9.17) is 5.11 Å².